The SMILES string of the molecule is C[C@@H](c1ccccc1)[C@@H](CN(C)C(=O)OCc1ccccc1)C(=O)O. The molecule has 0 aliphatic rings. The van der Waals surface area contributed by atoms with Crippen molar-refractivity contribution < 1.29 is 19.4 Å². The van der Waals surface area contributed by atoms with Gasteiger partial charge in [-0.3, -0.25) is 4.79 Å². The van der Waals surface area contributed by atoms with Crippen molar-refractivity contribution in [3.8, 4) is 0 Å². The van der Waals surface area contributed by atoms with Crippen molar-refractivity contribution in [2.24, 2.45) is 5.92 Å². The van der Waals surface area contributed by atoms with E-state index in [-0.39, 0.29) is 19.1 Å². The molecule has 2 aromatic carbocycles. The van der Waals surface area contributed by atoms with E-state index in [0.29, 0.717) is 0 Å². The Bertz CT molecular complexity index is 687. The van der Waals surface area contributed by atoms with Gasteiger partial charge >= 0.3 is 12.1 Å². The van der Waals surface area contributed by atoms with Gasteiger partial charge in [-0.1, -0.05) is 67.6 Å². The summed E-state index contributed by atoms with van der Waals surface area (Å²) in [5.41, 5.74) is 1.82. The molecule has 0 aliphatic carbocycles. The van der Waals surface area contributed by atoms with Crippen LogP contribution in [0.4, 0.5) is 4.79 Å². The number of aliphatic carboxylic acids is 1. The molecule has 2 atom stereocenters. The zero-order valence-corrected chi connectivity index (χ0v) is 14.5. The Morgan fingerprint density at radius 2 is 1.60 bits per heavy atom. The van der Waals surface area contributed by atoms with Gasteiger partial charge in [-0.05, 0) is 17.0 Å². The summed E-state index contributed by atoms with van der Waals surface area (Å²) in [6.07, 6.45) is -0.532. The van der Waals surface area contributed by atoms with E-state index in [4.69, 9.17) is 4.74 Å². The number of hydrogen-bond donors (Lipinski definition) is 1. The summed E-state index contributed by atoms with van der Waals surface area (Å²) in [5, 5.41) is 9.56. The Balaban J connectivity index is 1.96. The fourth-order valence-electron chi connectivity index (χ4n) is 2.64. The molecule has 1 amide bonds. The second-order valence-corrected chi connectivity index (χ2v) is 6.06. The van der Waals surface area contributed by atoms with E-state index in [0.717, 1.165) is 11.1 Å². The number of carbonyl (C=O) groups is 2. The molecular weight excluding hydrogens is 318 g/mol. The Morgan fingerprint density at radius 3 is 2.16 bits per heavy atom. The maximum absolute atomic E-state index is 12.1. The molecule has 2 aromatic rings. The highest BCUT2D eigenvalue weighted by molar-refractivity contribution is 5.73. The third-order valence-electron chi connectivity index (χ3n) is 4.23. The van der Waals surface area contributed by atoms with Gasteiger partial charge in [0.05, 0.1) is 5.92 Å². The summed E-state index contributed by atoms with van der Waals surface area (Å²) >= 11 is 0. The first kappa shape index (κ1) is 18.5. The van der Waals surface area contributed by atoms with Crippen LogP contribution in [-0.2, 0) is 16.1 Å². The van der Waals surface area contributed by atoms with Gasteiger partial charge in [0, 0.05) is 13.6 Å². The van der Waals surface area contributed by atoms with Crippen LogP contribution in [-0.4, -0.2) is 35.7 Å². The van der Waals surface area contributed by atoms with Crippen molar-refractivity contribution in [3.63, 3.8) is 0 Å². The standard InChI is InChI=1S/C20H23NO4/c1-15(17-11-7-4-8-12-17)18(19(22)23)13-21(2)20(24)25-14-16-9-5-3-6-10-16/h3-12,15,18H,13-14H2,1-2H3,(H,22,23)/t15-,18+/m0/s1. The molecule has 0 saturated heterocycles. The minimum Gasteiger partial charge on any atom is -0.481 e. The molecule has 25 heavy (non-hydrogen) atoms. The molecule has 0 spiro atoms. The van der Waals surface area contributed by atoms with Crippen molar-refractivity contribution in [1.82, 2.24) is 4.90 Å². The van der Waals surface area contributed by atoms with E-state index in [2.05, 4.69) is 0 Å². The lowest BCUT2D eigenvalue weighted by molar-refractivity contribution is -0.142. The molecule has 0 bridgehead atoms. The summed E-state index contributed by atoms with van der Waals surface area (Å²) < 4.78 is 5.25. The topological polar surface area (TPSA) is 66.8 Å². The number of carbonyl (C=O) groups excluding carboxylic acids is 1. The van der Waals surface area contributed by atoms with Crippen molar-refractivity contribution in [2.45, 2.75) is 19.4 Å². The molecule has 0 aliphatic heterocycles. The monoisotopic (exact) mass is 341 g/mol. The van der Waals surface area contributed by atoms with Gasteiger partial charge in [-0.15, -0.1) is 0 Å². The zero-order valence-electron chi connectivity index (χ0n) is 14.5. The van der Waals surface area contributed by atoms with Crippen LogP contribution in [0.25, 0.3) is 0 Å². The molecule has 2 rings (SSSR count). The summed E-state index contributed by atoms with van der Waals surface area (Å²) in [6, 6.07) is 18.8. The van der Waals surface area contributed by atoms with Crippen molar-refractivity contribution in [3.05, 3.63) is 71.8 Å². The van der Waals surface area contributed by atoms with Crippen LogP contribution in [0, 0.1) is 5.92 Å². The van der Waals surface area contributed by atoms with Gasteiger partial charge in [0.15, 0.2) is 0 Å². The van der Waals surface area contributed by atoms with E-state index in [1.807, 2.05) is 67.6 Å². The second kappa shape index (κ2) is 8.87. The molecule has 5 heteroatoms. The van der Waals surface area contributed by atoms with Crippen molar-refractivity contribution in [2.75, 3.05) is 13.6 Å². The lowest BCUT2D eigenvalue weighted by atomic mass is 9.87. The highest BCUT2D eigenvalue weighted by Crippen LogP contribution is 2.25. The van der Waals surface area contributed by atoms with Gasteiger partial charge in [0.25, 0.3) is 0 Å². The van der Waals surface area contributed by atoms with Crippen LogP contribution >= 0.6 is 0 Å². The normalized spacial score (nSPS) is 12.9. The van der Waals surface area contributed by atoms with Crippen molar-refractivity contribution >= 4 is 12.1 Å². The fraction of sp³-hybridized carbons (Fsp3) is 0.300. The molecule has 132 valence electrons. The molecular formula is C20H23NO4. The van der Waals surface area contributed by atoms with E-state index >= 15 is 0 Å². The van der Waals surface area contributed by atoms with Crippen LogP contribution in [0.2, 0.25) is 0 Å². The molecule has 0 unspecified atom stereocenters. The van der Waals surface area contributed by atoms with Crippen molar-refractivity contribution in [1.29, 1.82) is 0 Å². The molecule has 5 nitrogen and oxygen atoms in total. The van der Waals surface area contributed by atoms with E-state index < -0.39 is 18.0 Å². The van der Waals surface area contributed by atoms with E-state index in [9.17, 15) is 14.7 Å². The summed E-state index contributed by atoms with van der Waals surface area (Å²) in [6.45, 7) is 2.10. The zero-order chi connectivity index (χ0) is 18.2. The van der Waals surface area contributed by atoms with Gasteiger partial charge < -0.3 is 14.7 Å². The number of ether oxygens (including phenoxy) is 1. The number of rotatable bonds is 7. The molecule has 1 N–H and O–H groups in total. The minimum atomic E-state index is -0.931. The maximum atomic E-state index is 12.1. The Labute approximate surface area is 147 Å². The third-order valence-corrected chi connectivity index (χ3v) is 4.23. The highest BCUT2D eigenvalue weighted by Gasteiger charge is 2.29. The van der Waals surface area contributed by atoms with Crippen LogP contribution in [0.3, 0.4) is 0 Å². The molecule has 0 saturated carbocycles. The Hall–Kier alpha value is -2.82. The predicted octanol–water partition coefficient (Wildman–Crippen LogP) is 3.76. The second-order valence-electron chi connectivity index (χ2n) is 6.06. The predicted molar refractivity (Wildman–Crippen MR) is 95.2 cm³/mol. The average molecular weight is 341 g/mol. The van der Waals surface area contributed by atoms with Gasteiger partial charge in [-0.25, -0.2) is 4.79 Å². The average Bonchev–Trinajstić information content (AvgIpc) is 2.64. The number of amides is 1. The molecule has 0 aromatic heterocycles. The first-order chi connectivity index (χ1) is 12.0. The summed E-state index contributed by atoms with van der Waals surface area (Å²) in [7, 11) is 1.56. The molecule has 0 fully saturated rings. The first-order valence-corrected chi connectivity index (χ1v) is 8.18. The lowest BCUT2D eigenvalue weighted by Crippen LogP contribution is -2.37. The maximum Gasteiger partial charge on any atom is 0.409 e. The number of carboxylic acid groups (broad SMARTS) is 1. The highest BCUT2D eigenvalue weighted by atomic mass is 16.6. The van der Waals surface area contributed by atoms with Crippen LogP contribution < -0.4 is 0 Å². The van der Waals surface area contributed by atoms with Crippen LogP contribution in [0.5, 0.6) is 0 Å². The summed E-state index contributed by atoms with van der Waals surface area (Å²) in [4.78, 5) is 25.1. The quantitative estimate of drug-likeness (QED) is 0.833. The molecule has 0 heterocycles. The first-order valence-electron chi connectivity index (χ1n) is 8.18. The number of benzene rings is 2. The number of carboxylic acids is 1. The summed E-state index contributed by atoms with van der Waals surface area (Å²) in [5.74, 6) is -1.86. The Morgan fingerprint density at radius 1 is 1.04 bits per heavy atom. The number of nitrogens with zero attached hydrogens (tertiary/aromatic N) is 1. The lowest BCUT2D eigenvalue weighted by Gasteiger charge is -2.25. The van der Waals surface area contributed by atoms with Gasteiger partial charge in [0.2, 0.25) is 0 Å². The van der Waals surface area contributed by atoms with Gasteiger partial charge in [0.1, 0.15) is 6.61 Å². The van der Waals surface area contributed by atoms with Crippen LogP contribution in [0.1, 0.15) is 24.0 Å². The number of hydrogen-bond acceptors (Lipinski definition) is 3. The Kier molecular flexibility index (Phi) is 6.57. The largest absolute Gasteiger partial charge is 0.481 e. The van der Waals surface area contributed by atoms with E-state index in [1.54, 1.807) is 7.05 Å². The van der Waals surface area contributed by atoms with Gasteiger partial charge in [-0.2, -0.15) is 0 Å². The van der Waals surface area contributed by atoms with E-state index in [1.165, 1.54) is 4.90 Å². The smallest absolute Gasteiger partial charge is 0.409 e. The fourth-order valence-corrected chi connectivity index (χ4v) is 2.64. The third kappa shape index (κ3) is 5.35. The minimum absolute atomic E-state index is 0.0824. The molecule has 0 radical (unpaired) electrons. The van der Waals surface area contributed by atoms with Crippen LogP contribution in [0.15, 0.2) is 60.7 Å².